The lowest BCUT2D eigenvalue weighted by molar-refractivity contribution is -0.266. The van der Waals surface area contributed by atoms with Crippen molar-refractivity contribution in [2.45, 2.75) is 74.1 Å². The molecule has 0 aliphatic rings. The maximum Gasteiger partial charge on any atom is 0.392 e. The van der Waals surface area contributed by atoms with Gasteiger partial charge in [-0.2, -0.15) is 61.5 Å². The van der Waals surface area contributed by atoms with Gasteiger partial charge in [0.1, 0.15) is 0 Å². The minimum absolute atomic E-state index is 1.66. The van der Waals surface area contributed by atoms with Crippen LogP contribution in [0.1, 0.15) is 25.7 Å². The first-order valence-electron chi connectivity index (χ1n) is 7.97. The number of halogens is 16. The van der Waals surface area contributed by atoms with E-state index in [9.17, 15) is 70.2 Å². The van der Waals surface area contributed by atoms with E-state index in [1.165, 1.54) is 0 Å². The molecule has 0 aromatic rings. The van der Waals surface area contributed by atoms with Gasteiger partial charge in [0.25, 0.3) is 0 Å². The second-order valence-electron chi connectivity index (χ2n) is 6.34. The van der Waals surface area contributed by atoms with Crippen molar-refractivity contribution in [3.63, 3.8) is 0 Å². The van der Waals surface area contributed by atoms with Gasteiger partial charge >= 0.3 is 36.0 Å². The quantitative estimate of drug-likeness (QED) is 0.208. The zero-order valence-electron chi connectivity index (χ0n) is 14.9. The van der Waals surface area contributed by atoms with E-state index in [0.717, 1.165) is 0 Å². The summed E-state index contributed by atoms with van der Waals surface area (Å²) in [5.41, 5.74) is 0. The van der Waals surface area contributed by atoms with Gasteiger partial charge in [-0.3, -0.25) is 0 Å². The highest BCUT2D eigenvalue weighted by Crippen LogP contribution is 2.45. The van der Waals surface area contributed by atoms with E-state index in [2.05, 4.69) is 4.74 Å². The predicted octanol–water partition coefficient (Wildman–Crippen LogP) is 6.91. The Bertz CT molecular complexity index is 503. The molecule has 0 N–H and O–H groups in total. The summed E-state index contributed by atoms with van der Waals surface area (Å²) in [6.07, 6.45) is -30.2. The van der Waals surface area contributed by atoms with Crippen LogP contribution in [-0.4, -0.2) is 61.6 Å². The zero-order chi connectivity index (χ0) is 25.1. The van der Waals surface area contributed by atoms with Crippen LogP contribution in [0.2, 0.25) is 0 Å². The van der Waals surface area contributed by atoms with E-state index in [1.54, 1.807) is 0 Å². The van der Waals surface area contributed by atoms with Crippen LogP contribution < -0.4 is 0 Å². The molecule has 0 saturated heterocycles. The second kappa shape index (κ2) is 9.77. The summed E-state index contributed by atoms with van der Waals surface area (Å²) in [5, 5.41) is 0. The Balaban J connectivity index is 4.78. The van der Waals surface area contributed by atoms with E-state index in [0.29, 0.717) is 0 Å². The van der Waals surface area contributed by atoms with Gasteiger partial charge in [0.05, 0.1) is 26.1 Å². The Morgan fingerprint density at radius 1 is 0.484 bits per heavy atom. The molecule has 0 aromatic carbocycles. The smallest absolute Gasteiger partial charge is 0.381 e. The van der Waals surface area contributed by atoms with Gasteiger partial charge in [0, 0.05) is 12.8 Å². The monoisotopic (exact) mass is 502 g/mol. The molecule has 0 aliphatic heterocycles. The summed E-state index contributed by atoms with van der Waals surface area (Å²) in [6.45, 7) is -3.32. The maximum atomic E-state index is 13.3. The second-order valence-corrected chi connectivity index (χ2v) is 6.34. The number of hydrogen-bond acceptors (Lipinski definition) is 1. The molecule has 1 nitrogen and oxygen atoms in total. The SMILES string of the molecule is FC(CC(F)(F)F)C(F)(F)C(F)(F)CCOCCC(F)(F)C(F)(F)C(F)CC(F)(F)F. The third-order valence-electron chi connectivity index (χ3n) is 3.70. The molecule has 0 rings (SSSR count). The summed E-state index contributed by atoms with van der Waals surface area (Å²) < 4.78 is 207. The third kappa shape index (κ3) is 8.71. The molecule has 0 amide bonds. The van der Waals surface area contributed by atoms with Crippen molar-refractivity contribution < 1.29 is 75.0 Å². The summed E-state index contributed by atoms with van der Waals surface area (Å²) in [6, 6.07) is 0. The Hall–Kier alpha value is -1.16. The molecule has 0 spiro atoms. The largest absolute Gasteiger partial charge is 0.392 e. The molecule has 0 bridgehead atoms. The van der Waals surface area contributed by atoms with Gasteiger partial charge in [0.15, 0.2) is 12.3 Å². The molecule has 0 aliphatic carbocycles. The van der Waals surface area contributed by atoms with E-state index in [1.807, 2.05) is 0 Å². The Morgan fingerprint density at radius 2 is 0.742 bits per heavy atom. The highest BCUT2D eigenvalue weighted by Gasteiger charge is 2.64. The molecule has 0 heterocycles. The van der Waals surface area contributed by atoms with E-state index >= 15 is 0 Å². The van der Waals surface area contributed by atoms with Gasteiger partial charge in [-0.1, -0.05) is 0 Å². The molecular weight excluding hydrogens is 488 g/mol. The molecule has 31 heavy (non-hydrogen) atoms. The lowest BCUT2D eigenvalue weighted by atomic mass is 10.0. The lowest BCUT2D eigenvalue weighted by Gasteiger charge is -2.30. The van der Waals surface area contributed by atoms with Crippen LogP contribution in [0.25, 0.3) is 0 Å². The first kappa shape index (κ1) is 29.8. The molecule has 0 fully saturated rings. The Labute approximate surface area is 163 Å². The average Bonchev–Trinajstić information content (AvgIpc) is 2.50. The van der Waals surface area contributed by atoms with Crippen LogP contribution >= 0.6 is 0 Å². The normalized spacial score (nSPS) is 17.0. The van der Waals surface area contributed by atoms with Crippen molar-refractivity contribution in [2.24, 2.45) is 0 Å². The van der Waals surface area contributed by atoms with Crippen molar-refractivity contribution in [1.29, 1.82) is 0 Å². The standard InChI is InChI=1S/C14H14F16O/c15-7(5-11(21,22)23)13(27,28)9(17,18)1-3-31-4-2-10(19,20)14(29,30)8(16)6-12(24,25)26/h7-8H,1-6H2. The van der Waals surface area contributed by atoms with E-state index in [4.69, 9.17) is 0 Å². The number of ether oxygens (including phenoxy) is 1. The molecule has 0 aromatic heterocycles. The van der Waals surface area contributed by atoms with E-state index < -0.39 is 87.3 Å². The molecule has 0 radical (unpaired) electrons. The summed E-state index contributed by atoms with van der Waals surface area (Å²) >= 11 is 0. The molecule has 2 unspecified atom stereocenters. The van der Waals surface area contributed by atoms with Gasteiger partial charge in [-0.15, -0.1) is 0 Å². The van der Waals surface area contributed by atoms with Crippen LogP contribution in [-0.2, 0) is 4.74 Å². The number of alkyl halides is 16. The minimum Gasteiger partial charge on any atom is -0.381 e. The van der Waals surface area contributed by atoms with Crippen molar-refractivity contribution in [3.8, 4) is 0 Å². The van der Waals surface area contributed by atoms with Gasteiger partial charge < -0.3 is 4.74 Å². The van der Waals surface area contributed by atoms with Crippen LogP contribution in [0.3, 0.4) is 0 Å². The van der Waals surface area contributed by atoms with Gasteiger partial charge in [-0.25, -0.2) is 8.78 Å². The molecule has 0 saturated carbocycles. The lowest BCUT2D eigenvalue weighted by Crippen LogP contribution is -2.50. The topological polar surface area (TPSA) is 9.23 Å². The first-order chi connectivity index (χ1) is 13.5. The van der Waals surface area contributed by atoms with E-state index in [-0.39, 0.29) is 0 Å². The number of hydrogen-bond donors (Lipinski definition) is 0. The Kier molecular flexibility index (Phi) is 9.40. The predicted molar refractivity (Wildman–Crippen MR) is 71.0 cm³/mol. The highest BCUT2D eigenvalue weighted by atomic mass is 19.4. The van der Waals surface area contributed by atoms with Gasteiger partial charge in [0.2, 0.25) is 0 Å². The van der Waals surface area contributed by atoms with Gasteiger partial charge in [-0.05, 0) is 0 Å². The van der Waals surface area contributed by atoms with Crippen molar-refractivity contribution in [1.82, 2.24) is 0 Å². The fourth-order valence-electron chi connectivity index (χ4n) is 1.96. The van der Waals surface area contributed by atoms with Crippen molar-refractivity contribution in [3.05, 3.63) is 0 Å². The minimum atomic E-state index is -5.86. The zero-order valence-corrected chi connectivity index (χ0v) is 14.9. The Morgan fingerprint density at radius 3 is 0.968 bits per heavy atom. The van der Waals surface area contributed by atoms with Crippen LogP contribution in [0.5, 0.6) is 0 Å². The van der Waals surface area contributed by atoms with Crippen LogP contribution in [0.4, 0.5) is 70.2 Å². The molecule has 188 valence electrons. The number of rotatable bonds is 12. The molecular formula is C14H14F16O. The summed E-state index contributed by atoms with van der Waals surface area (Å²) in [7, 11) is 0. The van der Waals surface area contributed by atoms with Crippen molar-refractivity contribution in [2.75, 3.05) is 13.2 Å². The molecule has 17 heteroatoms. The van der Waals surface area contributed by atoms with Crippen LogP contribution in [0.15, 0.2) is 0 Å². The highest BCUT2D eigenvalue weighted by molar-refractivity contribution is 4.93. The molecule has 2 atom stereocenters. The fraction of sp³-hybridized carbons (Fsp3) is 1.00. The van der Waals surface area contributed by atoms with Crippen LogP contribution in [0, 0.1) is 0 Å². The first-order valence-corrected chi connectivity index (χ1v) is 7.97. The average molecular weight is 502 g/mol. The summed E-state index contributed by atoms with van der Waals surface area (Å²) in [4.78, 5) is 0. The maximum absolute atomic E-state index is 13.3. The van der Waals surface area contributed by atoms with Crippen molar-refractivity contribution >= 4 is 0 Å². The third-order valence-corrected chi connectivity index (χ3v) is 3.70. The fourth-order valence-corrected chi connectivity index (χ4v) is 1.96. The summed E-state index contributed by atoms with van der Waals surface area (Å²) in [5.74, 6) is -22.7.